The molecule has 2 nitrogen and oxygen atoms in total. The van der Waals surface area contributed by atoms with E-state index in [1.807, 2.05) is 0 Å². The van der Waals surface area contributed by atoms with E-state index in [4.69, 9.17) is 0 Å². The maximum Gasteiger partial charge on any atom is 0.223 e. The van der Waals surface area contributed by atoms with Crippen LogP contribution < -0.4 is 5.32 Å². The van der Waals surface area contributed by atoms with Crippen molar-refractivity contribution in [2.75, 3.05) is 6.54 Å². The molecule has 1 saturated carbocycles. The van der Waals surface area contributed by atoms with Gasteiger partial charge in [0.15, 0.2) is 0 Å². The minimum absolute atomic E-state index is 0.166. The molecule has 0 spiro atoms. The second kappa shape index (κ2) is 7.66. The normalized spacial score (nSPS) is 24.2. The van der Waals surface area contributed by atoms with Gasteiger partial charge in [-0.2, -0.15) is 0 Å². The molecule has 1 fully saturated rings. The number of hydrogen-bond donors (Lipinski definition) is 1. The highest BCUT2D eigenvalue weighted by molar-refractivity contribution is 9.09. The first-order chi connectivity index (χ1) is 8.92. The lowest BCUT2D eigenvalue weighted by atomic mass is 9.68. The zero-order valence-electron chi connectivity index (χ0n) is 13.0. The van der Waals surface area contributed by atoms with Crippen LogP contribution in [-0.2, 0) is 4.79 Å². The van der Waals surface area contributed by atoms with Gasteiger partial charge < -0.3 is 5.32 Å². The lowest BCUT2D eigenvalue weighted by molar-refractivity contribution is -0.130. The van der Waals surface area contributed by atoms with Crippen LogP contribution in [0.1, 0.15) is 66.2 Å². The van der Waals surface area contributed by atoms with Crippen LogP contribution in [0.3, 0.4) is 0 Å². The summed E-state index contributed by atoms with van der Waals surface area (Å²) >= 11 is 3.73. The molecule has 2 atom stereocenters. The van der Waals surface area contributed by atoms with Crippen LogP contribution in [0.15, 0.2) is 0 Å². The van der Waals surface area contributed by atoms with Gasteiger partial charge in [-0.25, -0.2) is 0 Å². The molecule has 0 aromatic carbocycles. The molecular weight excluding hydrogens is 302 g/mol. The molecule has 1 rings (SSSR count). The fourth-order valence-corrected chi connectivity index (χ4v) is 4.18. The van der Waals surface area contributed by atoms with Crippen LogP contribution in [0.25, 0.3) is 0 Å². The van der Waals surface area contributed by atoms with Crippen LogP contribution >= 0.6 is 15.9 Å². The SMILES string of the molecule is CCC(CC)C(Br)CNC(=O)C1CCCCC1(C)C. The number of nitrogens with one attached hydrogen (secondary N) is 1. The Kier molecular flexibility index (Phi) is 6.85. The Balaban J connectivity index is 2.46. The highest BCUT2D eigenvalue weighted by atomic mass is 79.9. The van der Waals surface area contributed by atoms with Crippen LogP contribution in [0.2, 0.25) is 0 Å². The summed E-state index contributed by atoms with van der Waals surface area (Å²) in [6.45, 7) is 9.67. The third-order valence-electron chi connectivity index (χ3n) is 4.86. The van der Waals surface area contributed by atoms with Gasteiger partial charge in [-0.3, -0.25) is 4.79 Å². The average molecular weight is 332 g/mol. The van der Waals surface area contributed by atoms with Gasteiger partial charge in [-0.05, 0) is 24.2 Å². The van der Waals surface area contributed by atoms with Gasteiger partial charge in [0, 0.05) is 17.3 Å². The van der Waals surface area contributed by atoms with E-state index in [-0.39, 0.29) is 17.2 Å². The van der Waals surface area contributed by atoms with Gasteiger partial charge in [0.25, 0.3) is 0 Å². The van der Waals surface area contributed by atoms with E-state index in [1.165, 1.54) is 19.3 Å². The minimum Gasteiger partial charge on any atom is -0.355 e. The van der Waals surface area contributed by atoms with Crippen molar-refractivity contribution in [3.63, 3.8) is 0 Å². The lowest BCUT2D eigenvalue weighted by Crippen LogP contribution is -2.43. The fraction of sp³-hybridized carbons (Fsp3) is 0.938. The van der Waals surface area contributed by atoms with Gasteiger partial charge in [0.05, 0.1) is 0 Å². The van der Waals surface area contributed by atoms with Crippen LogP contribution in [-0.4, -0.2) is 17.3 Å². The highest BCUT2D eigenvalue weighted by Crippen LogP contribution is 2.40. The summed E-state index contributed by atoms with van der Waals surface area (Å²) in [5, 5.41) is 3.17. The monoisotopic (exact) mass is 331 g/mol. The quantitative estimate of drug-likeness (QED) is 0.712. The molecule has 1 aliphatic rings. The fourth-order valence-electron chi connectivity index (χ4n) is 3.27. The molecule has 1 amide bonds. The van der Waals surface area contributed by atoms with Crippen molar-refractivity contribution in [3.05, 3.63) is 0 Å². The number of halogens is 1. The van der Waals surface area contributed by atoms with E-state index >= 15 is 0 Å². The van der Waals surface area contributed by atoms with E-state index < -0.39 is 0 Å². The zero-order chi connectivity index (χ0) is 14.5. The Morgan fingerprint density at radius 3 is 2.47 bits per heavy atom. The molecule has 0 aromatic rings. The Morgan fingerprint density at radius 2 is 1.95 bits per heavy atom. The number of amides is 1. The Bertz CT molecular complexity index is 286. The topological polar surface area (TPSA) is 29.1 Å². The van der Waals surface area contributed by atoms with Gasteiger partial charge in [0.1, 0.15) is 0 Å². The van der Waals surface area contributed by atoms with Crippen molar-refractivity contribution < 1.29 is 4.79 Å². The van der Waals surface area contributed by atoms with Crippen molar-refractivity contribution in [2.24, 2.45) is 17.3 Å². The smallest absolute Gasteiger partial charge is 0.223 e. The summed E-state index contributed by atoms with van der Waals surface area (Å²) < 4.78 is 0. The second-order valence-corrected chi connectivity index (χ2v) is 7.80. The Labute approximate surface area is 127 Å². The first-order valence-corrected chi connectivity index (χ1v) is 8.75. The summed E-state index contributed by atoms with van der Waals surface area (Å²) in [4.78, 5) is 12.8. The van der Waals surface area contributed by atoms with Crippen LogP contribution in [0, 0.1) is 17.3 Å². The standard InChI is InChI=1S/C16H30BrNO/c1-5-12(6-2)14(17)11-18-15(19)13-9-7-8-10-16(13,3)4/h12-14H,5-11H2,1-4H3,(H,18,19). The van der Waals surface area contributed by atoms with Gasteiger partial charge in [-0.15, -0.1) is 0 Å². The van der Waals surface area contributed by atoms with Crippen molar-refractivity contribution in [3.8, 4) is 0 Å². The highest BCUT2D eigenvalue weighted by Gasteiger charge is 2.37. The zero-order valence-corrected chi connectivity index (χ0v) is 14.6. The molecule has 0 aromatic heterocycles. The largest absolute Gasteiger partial charge is 0.355 e. The molecule has 1 aliphatic carbocycles. The maximum absolute atomic E-state index is 12.4. The first kappa shape index (κ1) is 17.0. The van der Waals surface area contributed by atoms with Crippen molar-refractivity contribution in [1.29, 1.82) is 0 Å². The summed E-state index contributed by atoms with van der Waals surface area (Å²) in [5.74, 6) is 1.11. The number of rotatable bonds is 6. The minimum atomic E-state index is 0.166. The number of carbonyl (C=O) groups is 1. The van der Waals surface area contributed by atoms with E-state index in [0.717, 1.165) is 25.8 Å². The molecule has 0 radical (unpaired) electrons. The summed E-state index contributed by atoms with van der Waals surface area (Å²) in [6, 6.07) is 0. The average Bonchev–Trinajstić information content (AvgIpc) is 2.37. The van der Waals surface area contributed by atoms with E-state index in [1.54, 1.807) is 0 Å². The second-order valence-electron chi connectivity index (χ2n) is 6.62. The van der Waals surface area contributed by atoms with Gasteiger partial charge in [0.2, 0.25) is 5.91 Å². The molecule has 112 valence electrons. The third-order valence-corrected chi connectivity index (χ3v) is 5.93. The van der Waals surface area contributed by atoms with Crippen LogP contribution in [0.5, 0.6) is 0 Å². The maximum atomic E-state index is 12.4. The molecule has 3 heteroatoms. The molecule has 1 N–H and O–H groups in total. The van der Waals surface area contributed by atoms with E-state index in [0.29, 0.717) is 10.7 Å². The van der Waals surface area contributed by atoms with Crippen molar-refractivity contribution in [2.45, 2.75) is 71.0 Å². The van der Waals surface area contributed by atoms with E-state index in [2.05, 4.69) is 48.9 Å². The molecule has 0 heterocycles. The lowest BCUT2D eigenvalue weighted by Gasteiger charge is -2.37. The van der Waals surface area contributed by atoms with E-state index in [9.17, 15) is 4.79 Å². The van der Waals surface area contributed by atoms with Crippen molar-refractivity contribution in [1.82, 2.24) is 5.32 Å². The summed E-state index contributed by atoms with van der Waals surface area (Å²) in [5.41, 5.74) is 0.166. The van der Waals surface area contributed by atoms with Gasteiger partial charge in [-0.1, -0.05) is 69.3 Å². The predicted molar refractivity (Wildman–Crippen MR) is 85.5 cm³/mol. The van der Waals surface area contributed by atoms with Crippen LogP contribution in [0.4, 0.5) is 0 Å². The molecule has 0 aliphatic heterocycles. The van der Waals surface area contributed by atoms with Crippen molar-refractivity contribution >= 4 is 21.8 Å². The number of alkyl halides is 1. The molecule has 19 heavy (non-hydrogen) atoms. The summed E-state index contributed by atoms with van der Waals surface area (Å²) in [7, 11) is 0. The van der Waals surface area contributed by atoms with Gasteiger partial charge >= 0.3 is 0 Å². The Morgan fingerprint density at radius 1 is 1.32 bits per heavy atom. The third kappa shape index (κ3) is 4.77. The molecule has 2 unspecified atom stereocenters. The predicted octanol–water partition coefficient (Wildman–Crippen LogP) is 4.52. The molecule has 0 bridgehead atoms. The molecular formula is C16H30BrNO. The molecule has 0 saturated heterocycles. The summed E-state index contributed by atoms with van der Waals surface area (Å²) in [6.07, 6.45) is 7.03. The first-order valence-electron chi connectivity index (χ1n) is 7.84. The number of carbonyl (C=O) groups excluding carboxylic acids is 1. The number of hydrogen-bond acceptors (Lipinski definition) is 1. The Hall–Kier alpha value is -0.0500.